The predicted molar refractivity (Wildman–Crippen MR) is 49.2 cm³/mol. The number of carbonyl (C=O) groups excluding carboxylic acids is 1. The molecule has 0 saturated heterocycles. The lowest BCUT2D eigenvalue weighted by atomic mass is 10.3. The zero-order valence-corrected chi connectivity index (χ0v) is 7.87. The normalized spacial score (nSPS) is 9.91. The number of hydrogen-bond donors (Lipinski definition) is 0. The molecule has 0 aliphatic heterocycles. The molecule has 0 aliphatic carbocycles. The quantitative estimate of drug-likeness (QED) is 0.717. The van der Waals surface area contributed by atoms with E-state index in [9.17, 15) is 4.79 Å². The van der Waals surface area contributed by atoms with Gasteiger partial charge >= 0.3 is 0 Å². The molecular formula is C7H9NOS2. The summed E-state index contributed by atoms with van der Waals surface area (Å²) in [6.45, 7) is 0. The Labute approximate surface area is 74.0 Å². The maximum atomic E-state index is 11.1. The van der Waals surface area contributed by atoms with Crippen molar-refractivity contribution >= 4 is 28.9 Å². The summed E-state index contributed by atoms with van der Waals surface area (Å²) in [6, 6.07) is 0. The van der Waals surface area contributed by atoms with Gasteiger partial charge in [-0.25, -0.2) is 4.98 Å². The van der Waals surface area contributed by atoms with E-state index in [2.05, 4.69) is 4.98 Å². The van der Waals surface area contributed by atoms with Crippen LogP contribution in [0.1, 0.15) is 5.01 Å². The number of Topliss-reactive ketones (excluding diaryl/α,β-unsaturated/α-hetero) is 1. The summed E-state index contributed by atoms with van der Waals surface area (Å²) in [4.78, 5) is 15.1. The summed E-state index contributed by atoms with van der Waals surface area (Å²) >= 11 is 3.09. The first-order chi connectivity index (χ1) is 5.33. The molecule has 0 radical (unpaired) electrons. The van der Waals surface area contributed by atoms with Gasteiger partial charge in [0.15, 0.2) is 0 Å². The van der Waals surface area contributed by atoms with Gasteiger partial charge in [-0.05, 0) is 6.26 Å². The van der Waals surface area contributed by atoms with Gasteiger partial charge < -0.3 is 0 Å². The fraction of sp³-hybridized carbons (Fsp3) is 0.429. The predicted octanol–water partition coefficient (Wildman–Crippen LogP) is 1.62. The van der Waals surface area contributed by atoms with Crippen LogP contribution in [0.25, 0.3) is 0 Å². The molecule has 0 amide bonds. The van der Waals surface area contributed by atoms with Crippen molar-refractivity contribution in [1.82, 2.24) is 4.98 Å². The van der Waals surface area contributed by atoms with Gasteiger partial charge in [0.05, 0.1) is 17.2 Å². The molecule has 1 heterocycles. The molecule has 0 aliphatic rings. The Morgan fingerprint density at radius 2 is 2.64 bits per heavy atom. The first kappa shape index (κ1) is 8.74. The van der Waals surface area contributed by atoms with Gasteiger partial charge in [-0.3, -0.25) is 4.79 Å². The van der Waals surface area contributed by atoms with E-state index in [1.807, 2.05) is 11.6 Å². The lowest BCUT2D eigenvalue weighted by Crippen LogP contribution is -2.04. The molecule has 0 unspecified atom stereocenters. The Hall–Kier alpha value is -0.350. The van der Waals surface area contributed by atoms with Crippen LogP contribution < -0.4 is 0 Å². The number of ketones is 1. The number of hydrogen-bond acceptors (Lipinski definition) is 4. The summed E-state index contributed by atoms with van der Waals surface area (Å²) in [5.74, 6) is 0.854. The minimum Gasteiger partial charge on any atom is -0.298 e. The molecule has 11 heavy (non-hydrogen) atoms. The summed E-state index contributed by atoms with van der Waals surface area (Å²) < 4.78 is 0. The number of thioether (sulfide) groups is 1. The second-order valence-electron chi connectivity index (χ2n) is 2.07. The smallest absolute Gasteiger partial charge is 0.149 e. The molecule has 0 fully saturated rings. The van der Waals surface area contributed by atoms with Crippen LogP contribution in [-0.4, -0.2) is 22.8 Å². The van der Waals surface area contributed by atoms with E-state index < -0.39 is 0 Å². The molecular weight excluding hydrogens is 178 g/mol. The fourth-order valence-corrected chi connectivity index (χ4v) is 1.79. The average molecular weight is 187 g/mol. The van der Waals surface area contributed by atoms with Crippen LogP contribution in [0, 0.1) is 0 Å². The SMILES string of the molecule is CSCC(=O)Cc1nccs1. The highest BCUT2D eigenvalue weighted by Gasteiger charge is 2.03. The monoisotopic (exact) mass is 187 g/mol. The van der Waals surface area contributed by atoms with Crippen molar-refractivity contribution in [3.05, 3.63) is 16.6 Å². The zero-order chi connectivity index (χ0) is 8.10. The average Bonchev–Trinajstić information content (AvgIpc) is 2.40. The highest BCUT2D eigenvalue weighted by Crippen LogP contribution is 2.06. The molecule has 0 atom stereocenters. The number of aromatic nitrogens is 1. The summed E-state index contributed by atoms with van der Waals surface area (Å²) in [6.07, 6.45) is 4.16. The lowest BCUT2D eigenvalue weighted by Gasteiger charge is -1.92. The van der Waals surface area contributed by atoms with Crippen molar-refractivity contribution in [2.24, 2.45) is 0 Å². The van der Waals surface area contributed by atoms with Crippen LogP contribution in [-0.2, 0) is 11.2 Å². The molecule has 0 aromatic carbocycles. The Kier molecular flexibility index (Phi) is 3.59. The van der Waals surface area contributed by atoms with Gasteiger partial charge in [-0.1, -0.05) is 0 Å². The Morgan fingerprint density at radius 1 is 1.82 bits per heavy atom. The third kappa shape index (κ3) is 3.03. The van der Waals surface area contributed by atoms with E-state index in [0.29, 0.717) is 12.2 Å². The number of thiazole rings is 1. The van der Waals surface area contributed by atoms with Gasteiger partial charge in [0.2, 0.25) is 0 Å². The molecule has 0 bridgehead atoms. The summed E-state index contributed by atoms with van der Waals surface area (Å²) in [7, 11) is 0. The molecule has 0 saturated carbocycles. The van der Waals surface area contributed by atoms with Gasteiger partial charge in [-0.2, -0.15) is 11.8 Å². The largest absolute Gasteiger partial charge is 0.298 e. The molecule has 4 heteroatoms. The van der Waals surface area contributed by atoms with E-state index in [1.165, 1.54) is 11.3 Å². The van der Waals surface area contributed by atoms with Crippen molar-refractivity contribution < 1.29 is 4.79 Å². The fourth-order valence-electron chi connectivity index (χ4n) is 0.721. The van der Waals surface area contributed by atoms with E-state index in [-0.39, 0.29) is 5.78 Å². The maximum absolute atomic E-state index is 11.1. The third-order valence-electron chi connectivity index (χ3n) is 1.14. The maximum Gasteiger partial charge on any atom is 0.149 e. The van der Waals surface area contributed by atoms with Crippen molar-refractivity contribution in [3.63, 3.8) is 0 Å². The minimum absolute atomic E-state index is 0.257. The zero-order valence-electron chi connectivity index (χ0n) is 6.24. The molecule has 1 aromatic rings. The van der Waals surface area contributed by atoms with Gasteiger partial charge in [0, 0.05) is 11.6 Å². The van der Waals surface area contributed by atoms with E-state index in [4.69, 9.17) is 0 Å². The topological polar surface area (TPSA) is 30.0 Å². The van der Waals surface area contributed by atoms with Gasteiger partial charge in [-0.15, -0.1) is 11.3 Å². The van der Waals surface area contributed by atoms with Crippen molar-refractivity contribution in [3.8, 4) is 0 Å². The molecule has 60 valence electrons. The number of rotatable bonds is 4. The Balaban J connectivity index is 2.37. The highest BCUT2D eigenvalue weighted by molar-refractivity contribution is 7.99. The minimum atomic E-state index is 0.257. The van der Waals surface area contributed by atoms with Crippen LogP contribution >= 0.6 is 23.1 Å². The molecule has 0 N–H and O–H groups in total. The van der Waals surface area contributed by atoms with Crippen LogP contribution in [0.2, 0.25) is 0 Å². The standard InChI is InChI=1S/C7H9NOS2/c1-10-5-6(9)4-7-8-2-3-11-7/h2-3H,4-5H2,1H3. The van der Waals surface area contributed by atoms with Crippen LogP contribution in [0.4, 0.5) is 0 Å². The third-order valence-corrected chi connectivity index (χ3v) is 2.53. The second kappa shape index (κ2) is 4.51. The van der Waals surface area contributed by atoms with E-state index >= 15 is 0 Å². The van der Waals surface area contributed by atoms with Crippen LogP contribution in [0.3, 0.4) is 0 Å². The first-order valence-corrected chi connectivity index (χ1v) is 5.49. The van der Waals surface area contributed by atoms with Crippen LogP contribution in [0.15, 0.2) is 11.6 Å². The molecule has 1 aromatic heterocycles. The first-order valence-electron chi connectivity index (χ1n) is 3.22. The Bertz CT molecular complexity index is 220. The molecule has 2 nitrogen and oxygen atoms in total. The van der Waals surface area contributed by atoms with Crippen molar-refractivity contribution in [2.45, 2.75) is 6.42 Å². The van der Waals surface area contributed by atoms with E-state index in [0.717, 1.165) is 5.01 Å². The molecule has 0 spiro atoms. The van der Waals surface area contributed by atoms with Crippen molar-refractivity contribution in [1.29, 1.82) is 0 Å². The van der Waals surface area contributed by atoms with E-state index in [1.54, 1.807) is 18.0 Å². The second-order valence-corrected chi connectivity index (χ2v) is 3.92. The Morgan fingerprint density at radius 3 is 3.18 bits per heavy atom. The van der Waals surface area contributed by atoms with Crippen LogP contribution in [0.5, 0.6) is 0 Å². The summed E-state index contributed by atoms with van der Waals surface area (Å²) in [5, 5.41) is 2.81. The van der Waals surface area contributed by atoms with Gasteiger partial charge in [0.25, 0.3) is 0 Å². The summed E-state index contributed by atoms with van der Waals surface area (Å²) in [5.41, 5.74) is 0. The number of nitrogens with zero attached hydrogens (tertiary/aromatic N) is 1. The van der Waals surface area contributed by atoms with Gasteiger partial charge in [0.1, 0.15) is 5.78 Å². The lowest BCUT2D eigenvalue weighted by molar-refractivity contribution is -0.115. The number of carbonyl (C=O) groups is 1. The molecule has 1 rings (SSSR count). The van der Waals surface area contributed by atoms with Crippen molar-refractivity contribution in [2.75, 3.05) is 12.0 Å². The highest BCUT2D eigenvalue weighted by atomic mass is 32.2.